The van der Waals surface area contributed by atoms with Gasteiger partial charge >= 0.3 is 6.03 Å². The van der Waals surface area contributed by atoms with Crippen LogP contribution in [0.5, 0.6) is 0 Å². The third kappa shape index (κ3) is 1.36. The van der Waals surface area contributed by atoms with E-state index in [0.29, 0.717) is 5.69 Å². The van der Waals surface area contributed by atoms with Crippen molar-refractivity contribution in [3.05, 3.63) is 30.3 Å². The van der Waals surface area contributed by atoms with E-state index in [1.807, 2.05) is 0 Å². The second-order valence-electron chi connectivity index (χ2n) is 3.93. The zero-order valence-corrected chi connectivity index (χ0v) is 9.16. The lowest BCUT2D eigenvalue weighted by Crippen LogP contribution is -2.51. The average molecular weight is 222 g/mol. The van der Waals surface area contributed by atoms with Gasteiger partial charge in [0.15, 0.2) is 0 Å². The van der Waals surface area contributed by atoms with Crippen molar-refractivity contribution in [2.75, 3.05) is 11.9 Å². The summed E-state index contributed by atoms with van der Waals surface area (Å²) in [7, 11) is 1.54. The van der Waals surface area contributed by atoms with E-state index in [1.165, 1.54) is 11.9 Å². The lowest BCUT2D eigenvalue weighted by molar-refractivity contribution is -0.168. The van der Waals surface area contributed by atoms with Gasteiger partial charge in [0.05, 0.1) is 5.69 Å². The molecule has 5 nitrogen and oxygen atoms in total. The van der Waals surface area contributed by atoms with Crippen LogP contribution in [0.1, 0.15) is 6.92 Å². The summed E-state index contributed by atoms with van der Waals surface area (Å²) in [4.78, 5) is 14.1. The Labute approximate surface area is 93.5 Å². The molecule has 2 rings (SSSR count). The minimum absolute atomic E-state index is 0.427. The van der Waals surface area contributed by atoms with E-state index >= 15 is 0 Å². The summed E-state index contributed by atoms with van der Waals surface area (Å²) in [5, 5.41) is 19.9. The Bertz CT molecular complexity index is 405. The van der Waals surface area contributed by atoms with Gasteiger partial charge in [0.25, 0.3) is 5.91 Å². The summed E-state index contributed by atoms with van der Waals surface area (Å²) in [6.45, 7) is 1.58. The molecule has 1 aliphatic rings. The van der Waals surface area contributed by atoms with Crippen LogP contribution in [0, 0.1) is 0 Å². The third-order valence-electron chi connectivity index (χ3n) is 2.98. The van der Waals surface area contributed by atoms with Gasteiger partial charge in [-0.1, -0.05) is 18.2 Å². The number of aliphatic hydroxyl groups is 2. The number of carbonyl (C=O) groups is 1. The van der Waals surface area contributed by atoms with E-state index in [4.69, 9.17) is 0 Å². The second-order valence-corrected chi connectivity index (χ2v) is 3.93. The summed E-state index contributed by atoms with van der Waals surface area (Å²) < 4.78 is 0. The van der Waals surface area contributed by atoms with Crippen molar-refractivity contribution < 1.29 is 15.0 Å². The first kappa shape index (κ1) is 10.9. The fourth-order valence-corrected chi connectivity index (χ4v) is 1.79. The first-order valence-electron chi connectivity index (χ1n) is 5.03. The predicted molar refractivity (Wildman–Crippen MR) is 58.7 cm³/mol. The van der Waals surface area contributed by atoms with Gasteiger partial charge in [0.2, 0.25) is 0 Å². The molecule has 0 bridgehead atoms. The van der Waals surface area contributed by atoms with E-state index in [0.717, 1.165) is 4.90 Å². The normalized spacial score (nSPS) is 24.0. The highest BCUT2D eigenvalue weighted by atomic mass is 16.5. The first-order chi connectivity index (χ1) is 7.46. The van der Waals surface area contributed by atoms with Gasteiger partial charge in [-0.3, -0.25) is 0 Å². The van der Waals surface area contributed by atoms with Crippen LogP contribution in [-0.4, -0.2) is 40.1 Å². The van der Waals surface area contributed by atoms with Gasteiger partial charge in [-0.25, -0.2) is 9.69 Å². The lowest BCUT2D eigenvalue weighted by Gasteiger charge is -2.28. The smallest absolute Gasteiger partial charge is 0.329 e. The molecule has 2 amide bonds. The molecule has 1 heterocycles. The summed E-state index contributed by atoms with van der Waals surface area (Å²) in [6.07, 6.45) is 0. The van der Waals surface area contributed by atoms with Crippen molar-refractivity contribution in [1.29, 1.82) is 0 Å². The molecule has 2 N–H and O–H groups in total. The number of para-hydroxylation sites is 1. The Balaban J connectivity index is 2.45. The van der Waals surface area contributed by atoms with Crippen molar-refractivity contribution in [3.63, 3.8) is 0 Å². The molecule has 0 unspecified atom stereocenters. The number of amides is 2. The minimum atomic E-state index is -2.17. The van der Waals surface area contributed by atoms with Crippen LogP contribution >= 0.6 is 0 Å². The summed E-state index contributed by atoms with van der Waals surface area (Å²) >= 11 is 0. The Morgan fingerprint density at radius 2 is 1.81 bits per heavy atom. The number of rotatable bonds is 1. The third-order valence-corrected chi connectivity index (χ3v) is 2.98. The molecule has 0 aliphatic carbocycles. The Morgan fingerprint density at radius 1 is 1.25 bits per heavy atom. The van der Waals surface area contributed by atoms with Crippen LogP contribution in [-0.2, 0) is 0 Å². The van der Waals surface area contributed by atoms with E-state index < -0.39 is 18.0 Å². The molecule has 1 aromatic carbocycles. The van der Waals surface area contributed by atoms with Crippen molar-refractivity contribution in [1.82, 2.24) is 4.90 Å². The van der Waals surface area contributed by atoms with Crippen LogP contribution in [0.2, 0.25) is 0 Å². The molecule has 0 saturated carbocycles. The van der Waals surface area contributed by atoms with E-state index in [9.17, 15) is 15.0 Å². The summed E-state index contributed by atoms with van der Waals surface area (Å²) in [5.41, 5.74) is 0.466. The number of urea groups is 1. The molecule has 1 aromatic rings. The topological polar surface area (TPSA) is 64.0 Å². The monoisotopic (exact) mass is 222 g/mol. The fraction of sp³-hybridized carbons (Fsp3) is 0.364. The quantitative estimate of drug-likeness (QED) is 0.683. The molecule has 0 radical (unpaired) electrons. The molecule has 1 fully saturated rings. The Kier molecular flexibility index (Phi) is 2.36. The van der Waals surface area contributed by atoms with E-state index in [1.54, 1.807) is 37.3 Å². The fourth-order valence-electron chi connectivity index (χ4n) is 1.79. The highest BCUT2D eigenvalue weighted by Crippen LogP contribution is 2.32. The van der Waals surface area contributed by atoms with Crippen molar-refractivity contribution >= 4 is 11.7 Å². The van der Waals surface area contributed by atoms with Gasteiger partial charge in [-0.15, -0.1) is 0 Å². The predicted octanol–water partition coefficient (Wildman–Crippen LogP) is 0.585. The van der Waals surface area contributed by atoms with Crippen LogP contribution in [0.25, 0.3) is 0 Å². The molecule has 5 heteroatoms. The molecule has 1 aliphatic heterocycles. The summed E-state index contributed by atoms with van der Waals surface area (Å²) in [5.74, 6) is -2.17. The highest BCUT2D eigenvalue weighted by Gasteiger charge is 2.53. The molecule has 0 aromatic heterocycles. The van der Waals surface area contributed by atoms with Gasteiger partial charge in [-0.05, 0) is 19.1 Å². The highest BCUT2D eigenvalue weighted by molar-refractivity contribution is 5.95. The largest absolute Gasteiger partial charge is 0.347 e. The van der Waals surface area contributed by atoms with Crippen LogP contribution < -0.4 is 4.90 Å². The maximum absolute atomic E-state index is 11.9. The van der Waals surface area contributed by atoms with Gasteiger partial charge in [0, 0.05) is 7.05 Å². The molecular weight excluding hydrogens is 208 g/mol. The Hall–Kier alpha value is -1.59. The zero-order valence-electron chi connectivity index (χ0n) is 9.16. The standard InChI is InChI=1S/C11H14N2O3/c1-8-11(15,16)13(10(14)12(8)2)9-6-4-3-5-7-9/h3-8,15-16H,1-2H3/t8-/m0/s1. The number of anilines is 1. The van der Waals surface area contributed by atoms with E-state index in [-0.39, 0.29) is 0 Å². The number of likely N-dealkylation sites (N-methyl/N-ethyl adjacent to an activating group) is 1. The van der Waals surface area contributed by atoms with Crippen LogP contribution in [0.15, 0.2) is 30.3 Å². The molecule has 1 saturated heterocycles. The number of carbonyl (C=O) groups excluding carboxylic acids is 1. The Morgan fingerprint density at radius 3 is 2.25 bits per heavy atom. The maximum Gasteiger partial charge on any atom is 0.329 e. The van der Waals surface area contributed by atoms with Crippen molar-refractivity contribution in [2.24, 2.45) is 0 Å². The van der Waals surface area contributed by atoms with E-state index in [2.05, 4.69) is 0 Å². The van der Waals surface area contributed by atoms with Crippen LogP contribution in [0.4, 0.5) is 10.5 Å². The van der Waals surface area contributed by atoms with Crippen molar-refractivity contribution in [3.8, 4) is 0 Å². The van der Waals surface area contributed by atoms with Crippen LogP contribution in [0.3, 0.4) is 0 Å². The SMILES string of the molecule is C[C@@H]1N(C)C(=O)N(c2ccccc2)C1(O)O. The lowest BCUT2D eigenvalue weighted by atomic mass is 10.2. The number of hydrogen-bond donors (Lipinski definition) is 2. The molecule has 1 atom stereocenters. The van der Waals surface area contributed by atoms with Gasteiger partial charge < -0.3 is 15.1 Å². The van der Waals surface area contributed by atoms with Crippen molar-refractivity contribution in [2.45, 2.75) is 18.9 Å². The number of hydrogen-bond acceptors (Lipinski definition) is 3. The average Bonchev–Trinajstić information content (AvgIpc) is 2.41. The molecule has 0 spiro atoms. The second kappa shape index (κ2) is 3.47. The first-order valence-corrected chi connectivity index (χ1v) is 5.03. The number of nitrogens with zero attached hydrogens (tertiary/aromatic N) is 2. The number of benzene rings is 1. The maximum atomic E-state index is 11.9. The van der Waals surface area contributed by atoms with Gasteiger partial charge in [0.1, 0.15) is 6.04 Å². The zero-order chi connectivity index (χ0) is 11.9. The minimum Gasteiger partial charge on any atom is -0.347 e. The summed E-state index contributed by atoms with van der Waals surface area (Å²) in [6, 6.07) is 7.48. The molecule has 86 valence electrons. The van der Waals surface area contributed by atoms with Gasteiger partial charge in [-0.2, -0.15) is 0 Å². The molecular formula is C11H14N2O3. The molecule has 16 heavy (non-hydrogen) atoms.